The van der Waals surface area contributed by atoms with Crippen molar-refractivity contribution in [3.63, 3.8) is 0 Å². The van der Waals surface area contributed by atoms with E-state index >= 15 is 0 Å². The molecule has 7 nitrogen and oxygen atoms in total. The van der Waals surface area contributed by atoms with E-state index < -0.39 is 23.5 Å². The molecule has 320 valence electrons. The van der Waals surface area contributed by atoms with Gasteiger partial charge in [-0.05, 0) is 120 Å². The Morgan fingerprint density at radius 3 is 1.95 bits per heavy atom. The van der Waals surface area contributed by atoms with Crippen LogP contribution in [0.2, 0.25) is 0 Å². The van der Waals surface area contributed by atoms with Crippen molar-refractivity contribution in [2.75, 3.05) is 33.2 Å². The first-order valence-corrected chi connectivity index (χ1v) is 19.5. The summed E-state index contributed by atoms with van der Waals surface area (Å²) in [7, 11) is 1.41. The van der Waals surface area contributed by atoms with Crippen LogP contribution < -0.4 is 11.6 Å². The highest BCUT2D eigenvalue weighted by Crippen LogP contribution is 2.37. The minimum atomic E-state index is -4.97. The van der Waals surface area contributed by atoms with Gasteiger partial charge in [-0.25, -0.2) is 11.0 Å². The lowest BCUT2D eigenvalue weighted by molar-refractivity contribution is -0.143. The molecular formula is C43H71F6N7. The fourth-order valence-electron chi connectivity index (χ4n) is 4.89. The molecule has 0 bridgehead atoms. The van der Waals surface area contributed by atoms with Crippen LogP contribution in [0.3, 0.4) is 0 Å². The molecule has 0 spiro atoms. The normalized spacial score (nSPS) is 14.5. The highest BCUT2D eigenvalue weighted by atomic mass is 19.4. The van der Waals surface area contributed by atoms with Crippen LogP contribution in [-0.4, -0.2) is 60.8 Å². The maximum Gasteiger partial charge on any atom is 0.416 e. The number of hydrogen-bond donors (Lipinski definition) is 2. The standard InChI is InChI=1S/C29H43F6N7.C6H12.C6H10.C2H6/c1-6-20(2)9-10-41(16-22-7-8-22)17-24(11-21(3)15-38-4)19-42(27(36)39-40(5)37)18-23-12-25(28(30,31)32)14-26(13-23)29(33,34)35;1-4-6(3)5-2;1-3-5-6-4-2;1-2/h11-15,20,22H,4,6-10,16-19,37H2,1-3,5H3,(H2,36,39);4H,5H2,1-3H3;3-4,6H,1,5H2,2H3;1-2H3/b21-15-,24-11+;6-4+;6-4-;. The van der Waals surface area contributed by atoms with Crippen molar-refractivity contribution in [3.8, 4) is 0 Å². The summed E-state index contributed by atoms with van der Waals surface area (Å²) in [5.74, 6) is 6.63. The Morgan fingerprint density at radius 1 is 1.00 bits per heavy atom. The number of nitrogens with two attached hydrogens (primary N) is 2. The summed E-state index contributed by atoms with van der Waals surface area (Å²) in [4.78, 5) is 7.58. The smallest absolute Gasteiger partial charge is 0.368 e. The molecule has 0 amide bonds. The monoisotopic (exact) mass is 800 g/mol. The van der Waals surface area contributed by atoms with E-state index in [0.29, 0.717) is 30.5 Å². The van der Waals surface area contributed by atoms with Gasteiger partial charge in [-0.2, -0.15) is 26.3 Å². The zero-order valence-electron chi connectivity index (χ0n) is 35.7. The van der Waals surface area contributed by atoms with Crippen LogP contribution in [0, 0.1) is 11.8 Å². The number of allylic oxidation sites excluding steroid dienone is 7. The van der Waals surface area contributed by atoms with Gasteiger partial charge in [0.05, 0.1) is 11.1 Å². The van der Waals surface area contributed by atoms with Gasteiger partial charge in [0, 0.05) is 39.4 Å². The first-order chi connectivity index (χ1) is 26.2. The number of hydrogen-bond acceptors (Lipinski definition) is 5. The van der Waals surface area contributed by atoms with E-state index in [1.165, 1.54) is 23.9 Å². The summed E-state index contributed by atoms with van der Waals surface area (Å²) in [6.07, 6.45) is 8.16. The number of hydrazone groups is 1. The lowest BCUT2D eigenvalue weighted by Crippen LogP contribution is -2.42. The first kappa shape index (κ1) is 54.3. The van der Waals surface area contributed by atoms with Gasteiger partial charge >= 0.3 is 12.4 Å². The molecule has 0 radical (unpaired) electrons. The number of alkyl halides is 6. The van der Waals surface area contributed by atoms with E-state index in [1.807, 2.05) is 45.9 Å². The van der Waals surface area contributed by atoms with Crippen LogP contribution >= 0.6 is 0 Å². The molecule has 1 fully saturated rings. The molecule has 2 rings (SSSR count). The largest absolute Gasteiger partial charge is 0.416 e. The molecule has 0 aromatic heterocycles. The lowest BCUT2D eigenvalue weighted by Gasteiger charge is -2.30. The Labute approximate surface area is 334 Å². The number of halogens is 6. The third-order valence-electron chi connectivity index (χ3n) is 8.59. The average Bonchev–Trinajstić information content (AvgIpc) is 3.96. The summed E-state index contributed by atoms with van der Waals surface area (Å²) < 4.78 is 81.3. The van der Waals surface area contributed by atoms with Crippen molar-refractivity contribution >= 4 is 12.7 Å². The minimum Gasteiger partial charge on any atom is -0.368 e. The van der Waals surface area contributed by atoms with Gasteiger partial charge < -0.3 is 10.6 Å². The third kappa shape index (κ3) is 26.1. The topological polar surface area (TPSA) is 86.5 Å². The molecule has 1 aliphatic carbocycles. The summed E-state index contributed by atoms with van der Waals surface area (Å²) >= 11 is 0. The molecule has 0 aliphatic heterocycles. The van der Waals surface area contributed by atoms with Crippen molar-refractivity contribution < 1.29 is 26.3 Å². The van der Waals surface area contributed by atoms with Gasteiger partial charge in [-0.15, -0.1) is 11.7 Å². The minimum absolute atomic E-state index is 0.0770. The second kappa shape index (κ2) is 29.4. The molecule has 1 atom stereocenters. The van der Waals surface area contributed by atoms with Crippen molar-refractivity contribution in [1.82, 2.24) is 14.9 Å². The average molecular weight is 800 g/mol. The van der Waals surface area contributed by atoms with Crippen LogP contribution in [-0.2, 0) is 18.9 Å². The number of benzene rings is 1. The molecule has 4 N–H and O–H groups in total. The van der Waals surface area contributed by atoms with Crippen molar-refractivity contribution in [2.45, 2.75) is 120 Å². The van der Waals surface area contributed by atoms with E-state index in [4.69, 9.17) is 11.6 Å². The third-order valence-corrected chi connectivity index (χ3v) is 8.59. The summed E-state index contributed by atoms with van der Waals surface area (Å²) in [5, 5.41) is 4.92. The Morgan fingerprint density at radius 2 is 1.57 bits per heavy atom. The lowest BCUT2D eigenvalue weighted by atomic mass is 10.0. The quantitative estimate of drug-likeness (QED) is 0.0294. The van der Waals surface area contributed by atoms with Crippen LogP contribution in [0.1, 0.15) is 118 Å². The van der Waals surface area contributed by atoms with Crippen LogP contribution in [0.25, 0.3) is 0 Å². The summed E-state index contributed by atoms with van der Waals surface area (Å²) in [6.45, 7) is 27.6. The second-order valence-corrected chi connectivity index (χ2v) is 13.7. The second-order valence-electron chi connectivity index (χ2n) is 13.7. The fourth-order valence-corrected chi connectivity index (χ4v) is 4.89. The van der Waals surface area contributed by atoms with Crippen LogP contribution in [0.5, 0.6) is 0 Å². The highest BCUT2D eigenvalue weighted by molar-refractivity contribution is 5.78. The molecular weight excluding hydrogens is 729 g/mol. The fraction of sp³-hybridized carbons (Fsp3) is 0.581. The molecule has 1 unspecified atom stereocenters. The molecule has 1 saturated carbocycles. The van der Waals surface area contributed by atoms with E-state index in [2.05, 4.69) is 75.1 Å². The van der Waals surface area contributed by atoms with Crippen molar-refractivity contribution in [2.24, 2.45) is 33.5 Å². The van der Waals surface area contributed by atoms with E-state index in [9.17, 15) is 26.3 Å². The first-order valence-electron chi connectivity index (χ1n) is 19.5. The van der Waals surface area contributed by atoms with E-state index in [-0.39, 0.29) is 30.7 Å². The van der Waals surface area contributed by atoms with Gasteiger partial charge in [0.2, 0.25) is 5.96 Å². The number of nitrogens with zero attached hydrogens (tertiary/aromatic N) is 5. The maximum absolute atomic E-state index is 13.6. The van der Waals surface area contributed by atoms with E-state index in [1.54, 1.807) is 6.20 Å². The Bertz CT molecular complexity index is 1370. The Balaban J connectivity index is 0. The van der Waals surface area contributed by atoms with Crippen LogP contribution in [0.4, 0.5) is 26.3 Å². The zero-order chi connectivity index (χ0) is 43.5. The molecule has 0 saturated heterocycles. The molecule has 13 heteroatoms. The highest BCUT2D eigenvalue weighted by Gasteiger charge is 2.37. The molecule has 0 heterocycles. The summed E-state index contributed by atoms with van der Waals surface area (Å²) in [5.41, 5.74) is 6.28. The number of aliphatic imine (C=N–C) groups is 1. The Hall–Kier alpha value is -3.84. The maximum atomic E-state index is 13.6. The van der Waals surface area contributed by atoms with Gasteiger partial charge in [0.25, 0.3) is 0 Å². The van der Waals surface area contributed by atoms with Gasteiger partial charge in [0.15, 0.2) is 0 Å². The summed E-state index contributed by atoms with van der Waals surface area (Å²) in [6, 6.07) is 1.50. The number of guanidine groups is 1. The number of hydrazine groups is 1. The predicted molar refractivity (Wildman–Crippen MR) is 226 cm³/mol. The number of rotatable bonds is 18. The SMILES string of the molecule is C/C=C(\C)CC.C=CC/C=C\C.C=N/C=C(C)\C=C(/CN(CCC(C)CC)CC1CC1)CN(Cc1cc(C(F)(F)F)cc(C(F)(F)F)c1)/C(N)=N/N(C)N.CC. The predicted octanol–water partition coefficient (Wildman–Crippen LogP) is 11.8. The molecule has 1 aliphatic rings. The molecule has 1 aromatic rings. The van der Waals surface area contributed by atoms with Gasteiger partial charge in [-0.3, -0.25) is 9.89 Å². The molecule has 1 aromatic carbocycles. The van der Waals surface area contributed by atoms with Gasteiger partial charge in [-0.1, -0.05) is 77.0 Å². The van der Waals surface area contributed by atoms with Crippen molar-refractivity contribution in [1.29, 1.82) is 0 Å². The van der Waals surface area contributed by atoms with E-state index in [0.717, 1.165) is 61.5 Å². The Kier molecular flexibility index (Phi) is 28.5. The zero-order valence-corrected chi connectivity index (χ0v) is 35.7. The van der Waals surface area contributed by atoms with Gasteiger partial charge in [0.1, 0.15) is 0 Å². The van der Waals surface area contributed by atoms with Crippen molar-refractivity contribution in [3.05, 3.63) is 94.8 Å². The molecule has 56 heavy (non-hydrogen) atoms. The van der Waals surface area contributed by atoms with Crippen LogP contribution in [0.15, 0.2) is 88.2 Å².